The number of methoxy groups -OCH3 is 1. The van der Waals surface area contributed by atoms with Crippen molar-refractivity contribution in [2.75, 3.05) is 13.7 Å². The van der Waals surface area contributed by atoms with Crippen LogP contribution >= 0.6 is 0 Å². The molecule has 0 N–H and O–H groups in total. The Morgan fingerprint density at radius 2 is 1.91 bits per heavy atom. The van der Waals surface area contributed by atoms with Crippen LogP contribution in [-0.4, -0.2) is 51.0 Å². The lowest BCUT2D eigenvalue weighted by Crippen LogP contribution is -2.48. The zero-order chi connectivity index (χ0) is 17.8. The Labute approximate surface area is 142 Å². The average molecular weight is 340 g/mol. The Morgan fingerprint density at radius 1 is 1.30 bits per heavy atom. The van der Waals surface area contributed by atoms with Gasteiger partial charge in [0.1, 0.15) is 6.04 Å². The van der Waals surface area contributed by atoms with Crippen molar-refractivity contribution >= 4 is 14.3 Å². The fourth-order valence-corrected chi connectivity index (χ4v) is 4.24. The van der Waals surface area contributed by atoms with E-state index in [9.17, 15) is 4.79 Å². The smallest absolute Gasteiger partial charge is 0.323 e. The topological polar surface area (TPSA) is 38.8 Å². The number of carbonyl (C=O) groups is 1. The molecule has 0 spiro atoms. The van der Waals surface area contributed by atoms with E-state index in [0.717, 1.165) is 6.42 Å². The van der Waals surface area contributed by atoms with E-state index in [-0.39, 0.29) is 29.2 Å². The number of rotatable bonds is 7. The summed E-state index contributed by atoms with van der Waals surface area (Å²) in [6.07, 6.45) is 5.23. The molecule has 1 rings (SSSR count). The maximum Gasteiger partial charge on any atom is 0.323 e. The summed E-state index contributed by atoms with van der Waals surface area (Å²) in [6.45, 7) is 19.5. The van der Waals surface area contributed by atoms with Crippen LogP contribution in [0.15, 0.2) is 25.3 Å². The SMILES string of the molecule is C=CC[C@H]1[C@H](O[Si](C)(C)C(C)(C)C)C[C@@H](C(=O)OC)N1CC=C. The lowest BCUT2D eigenvalue weighted by molar-refractivity contribution is -0.146. The van der Waals surface area contributed by atoms with Gasteiger partial charge < -0.3 is 9.16 Å². The highest BCUT2D eigenvalue weighted by Gasteiger charge is 2.48. The quantitative estimate of drug-likeness (QED) is 0.402. The molecule has 132 valence electrons. The van der Waals surface area contributed by atoms with Crippen LogP contribution in [0.1, 0.15) is 33.6 Å². The molecule has 0 bridgehead atoms. The molecule has 0 aromatic carbocycles. The summed E-state index contributed by atoms with van der Waals surface area (Å²) in [4.78, 5) is 14.3. The van der Waals surface area contributed by atoms with E-state index in [1.165, 1.54) is 7.11 Å². The molecule has 0 amide bonds. The predicted octanol–water partition coefficient (Wildman–Crippen LogP) is 3.75. The standard InChI is InChI=1S/C18H33NO3Si/c1-9-11-14-16(22-23(7,8)18(3,4)5)13-15(17(20)21-6)19(14)12-10-2/h9-10,14-16H,1-2,11-13H2,3-8H3/t14-,15-,16+/m0/s1. The molecule has 5 heteroatoms. The molecule has 0 aromatic heterocycles. The fourth-order valence-electron chi connectivity index (χ4n) is 2.88. The van der Waals surface area contributed by atoms with Crippen LogP contribution in [0.5, 0.6) is 0 Å². The van der Waals surface area contributed by atoms with Crippen LogP contribution in [0.3, 0.4) is 0 Å². The van der Waals surface area contributed by atoms with Gasteiger partial charge in [-0.1, -0.05) is 32.9 Å². The minimum atomic E-state index is -1.91. The third-order valence-electron chi connectivity index (χ3n) is 5.18. The van der Waals surface area contributed by atoms with E-state index in [2.05, 4.69) is 51.9 Å². The minimum Gasteiger partial charge on any atom is -0.468 e. The molecule has 0 aromatic rings. The Kier molecular flexibility index (Phi) is 6.80. The molecule has 1 fully saturated rings. The van der Waals surface area contributed by atoms with Crippen LogP contribution in [0.2, 0.25) is 18.1 Å². The molecule has 0 aliphatic carbocycles. The van der Waals surface area contributed by atoms with Crippen LogP contribution in [0.25, 0.3) is 0 Å². The normalized spacial score (nSPS) is 26.1. The van der Waals surface area contributed by atoms with E-state index in [1.807, 2.05) is 12.2 Å². The van der Waals surface area contributed by atoms with Crippen LogP contribution in [-0.2, 0) is 14.0 Å². The summed E-state index contributed by atoms with van der Waals surface area (Å²) in [7, 11) is -0.463. The molecule has 0 radical (unpaired) electrons. The number of nitrogens with zero attached hydrogens (tertiary/aromatic N) is 1. The second-order valence-corrected chi connectivity index (χ2v) is 12.5. The fraction of sp³-hybridized carbons (Fsp3) is 0.722. The van der Waals surface area contributed by atoms with Gasteiger partial charge in [0.25, 0.3) is 0 Å². The third kappa shape index (κ3) is 4.55. The highest BCUT2D eigenvalue weighted by Crippen LogP contribution is 2.40. The van der Waals surface area contributed by atoms with Gasteiger partial charge in [0, 0.05) is 19.0 Å². The molecule has 1 aliphatic heterocycles. The second-order valence-electron chi connectivity index (χ2n) is 7.77. The molecule has 0 saturated carbocycles. The first kappa shape index (κ1) is 20.1. The molecule has 1 aliphatic rings. The van der Waals surface area contributed by atoms with Crippen molar-refractivity contribution in [2.24, 2.45) is 0 Å². The molecule has 1 saturated heterocycles. The van der Waals surface area contributed by atoms with Gasteiger partial charge in [-0.05, 0) is 24.6 Å². The predicted molar refractivity (Wildman–Crippen MR) is 98.0 cm³/mol. The highest BCUT2D eigenvalue weighted by atomic mass is 28.4. The number of hydrogen-bond donors (Lipinski definition) is 0. The minimum absolute atomic E-state index is 0.0259. The molecule has 3 atom stereocenters. The van der Waals surface area contributed by atoms with Gasteiger partial charge in [0.15, 0.2) is 8.32 Å². The third-order valence-corrected chi connectivity index (χ3v) is 9.69. The van der Waals surface area contributed by atoms with Crippen molar-refractivity contribution in [1.82, 2.24) is 4.90 Å². The zero-order valence-electron chi connectivity index (χ0n) is 15.6. The Morgan fingerprint density at radius 3 is 2.35 bits per heavy atom. The summed E-state index contributed by atoms with van der Waals surface area (Å²) in [5, 5.41) is 0.137. The van der Waals surface area contributed by atoms with Gasteiger partial charge in [0.2, 0.25) is 0 Å². The van der Waals surface area contributed by atoms with Gasteiger partial charge in [-0.15, -0.1) is 13.2 Å². The maximum absolute atomic E-state index is 12.2. The van der Waals surface area contributed by atoms with Crippen LogP contribution < -0.4 is 0 Å². The summed E-state index contributed by atoms with van der Waals surface area (Å²) in [6, 6.07) is -0.124. The molecule has 4 nitrogen and oxygen atoms in total. The van der Waals surface area contributed by atoms with E-state index >= 15 is 0 Å². The number of hydrogen-bond acceptors (Lipinski definition) is 4. The molecule has 1 heterocycles. The van der Waals surface area contributed by atoms with Gasteiger partial charge in [-0.3, -0.25) is 9.69 Å². The second kappa shape index (κ2) is 7.77. The largest absolute Gasteiger partial charge is 0.468 e. The molecular weight excluding hydrogens is 306 g/mol. The van der Waals surface area contributed by atoms with Crippen molar-refractivity contribution in [3.8, 4) is 0 Å². The number of carbonyl (C=O) groups excluding carboxylic acids is 1. The Bertz CT molecular complexity index is 442. The lowest BCUT2D eigenvalue weighted by atomic mass is 10.1. The Hall–Kier alpha value is -0.913. The average Bonchev–Trinajstić information content (AvgIpc) is 2.76. The van der Waals surface area contributed by atoms with E-state index < -0.39 is 8.32 Å². The van der Waals surface area contributed by atoms with E-state index in [4.69, 9.17) is 9.16 Å². The van der Waals surface area contributed by atoms with Crippen molar-refractivity contribution < 1.29 is 14.0 Å². The zero-order valence-corrected chi connectivity index (χ0v) is 16.6. The first-order valence-corrected chi connectivity index (χ1v) is 11.2. The Balaban J connectivity index is 3.07. The first-order valence-electron chi connectivity index (χ1n) is 8.32. The van der Waals surface area contributed by atoms with Crippen molar-refractivity contribution in [1.29, 1.82) is 0 Å². The van der Waals surface area contributed by atoms with Gasteiger partial charge in [-0.2, -0.15) is 0 Å². The van der Waals surface area contributed by atoms with Gasteiger partial charge in [-0.25, -0.2) is 0 Å². The maximum atomic E-state index is 12.2. The molecule has 23 heavy (non-hydrogen) atoms. The first-order chi connectivity index (χ1) is 10.6. The van der Waals surface area contributed by atoms with Gasteiger partial charge >= 0.3 is 5.97 Å². The summed E-state index contributed by atoms with van der Waals surface area (Å²) in [5.41, 5.74) is 0. The highest BCUT2D eigenvalue weighted by molar-refractivity contribution is 6.74. The summed E-state index contributed by atoms with van der Waals surface area (Å²) < 4.78 is 11.6. The summed E-state index contributed by atoms with van der Waals surface area (Å²) >= 11 is 0. The molecule has 0 unspecified atom stereocenters. The molecular formula is C18H33NO3Si. The van der Waals surface area contributed by atoms with E-state index in [0.29, 0.717) is 13.0 Å². The van der Waals surface area contributed by atoms with E-state index in [1.54, 1.807) is 0 Å². The lowest BCUT2D eigenvalue weighted by Gasteiger charge is -2.40. The summed E-state index contributed by atoms with van der Waals surface area (Å²) in [5.74, 6) is -0.192. The van der Waals surface area contributed by atoms with Gasteiger partial charge in [0.05, 0.1) is 13.2 Å². The monoisotopic (exact) mass is 339 g/mol. The number of likely N-dealkylation sites (tertiary alicyclic amines) is 1. The van der Waals surface area contributed by atoms with Crippen molar-refractivity contribution in [2.45, 2.75) is 69.9 Å². The van der Waals surface area contributed by atoms with Crippen LogP contribution in [0, 0.1) is 0 Å². The van der Waals surface area contributed by atoms with Crippen LogP contribution in [0.4, 0.5) is 0 Å². The van der Waals surface area contributed by atoms with Crippen molar-refractivity contribution in [3.05, 3.63) is 25.3 Å². The number of esters is 1. The van der Waals surface area contributed by atoms with Crippen molar-refractivity contribution in [3.63, 3.8) is 0 Å². The number of ether oxygens (including phenoxy) is 1.